The van der Waals surface area contributed by atoms with E-state index in [-0.39, 0.29) is 6.54 Å². The molecule has 3 aromatic rings. The third kappa shape index (κ3) is 2.27. The van der Waals surface area contributed by atoms with Crippen LogP contribution < -0.4 is 5.76 Å². The number of halogens is 3. The van der Waals surface area contributed by atoms with Gasteiger partial charge in [0, 0.05) is 4.47 Å². The summed E-state index contributed by atoms with van der Waals surface area (Å²) in [5, 5.41) is 0. The van der Waals surface area contributed by atoms with E-state index in [1.54, 1.807) is 18.2 Å². The normalized spacial score (nSPS) is 11.2. The Labute approximate surface area is 120 Å². The molecule has 0 spiro atoms. The highest BCUT2D eigenvalue weighted by Crippen LogP contribution is 2.20. The first-order valence-electron chi connectivity index (χ1n) is 5.77. The van der Waals surface area contributed by atoms with Crippen molar-refractivity contribution in [1.82, 2.24) is 4.57 Å². The van der Waals surface area contributed by atoms with E-state index in [1.807, 2.05) is 0 Å². The molecule has 0 bridgehead atoms. The summed E-state index contributed by atoms with van der Waals surface area (Å²) in [4.78, 5) is 11.8. The smallest absolute Gasteiger partial charge is 0.408 e. The first-order chi connectivity index (χ1) is 9.54. The Morgan fingerprint density at radius 2 is 1.90 bits per heavy atom. The zero-order valence-corrected chi connectivity index (χ0v) is 11.7. The van der Waals surface area contributed by atoms with E-state index in [1.165, 1.54) is 10.6 Å². The van der Waals surface area contributed by atoms with Crippen LogP contribution in [0.25, 0.3) is 11.1 Å². The van der Waals surface area contributed by atoms with Crippen LogP contribution in [-0.2, 0) is 6.54 Å². The minimum Gasteiger partial charge on any atom is -0.408 e. The lowest BCUT2D eigenvalue weighted by Crippen LogP contribution is -2.15. The standard InChI is InChI=1S/C14H8BrF2NO2/c15-9-2-4-12-13(6-9)20-14(19)18(12)7-8-1-3-10(16)11(17)5-8/h1-6H,7H2. The fourth-order valence-electron chi connectivity index (χ4n) is 2.01. The summed E-state index contributed by atoms with van der Waals surface area (Å²) in [5.41, 5.74) is 1.52. The molecule has 0 aliphatic carbocycles. The van der Waals surface area contributed by atoms with Gasteiger partial charge in [-0.05, 0) is 35.9 Å². The Morgan fingerprint density at radius 3 is 2.65 bits per heavy atom. The molecule has 0 radical (unpaired) electrons. The summed E-state index contributed by atoms with van der Waals surface area (Å²) < 4.78 is 33.3. The number of hydrogen-bond donors (Lipinski definition) is 0. The second-order valence-corrected chi connectivity index (χ2v) is 5.23. The molecule has 0 saturated carbocycles. The molecule has 0 amide bonds. The molecule has 6 heteroatoms. The summed E-state index contributed by atoms with van der Waals surface area (Å²) in [6, 6.07) is 8.72. The maximum atomic E-state index is 13.2. The summed E-state index contributed by atoms with van der Waals surface area (Å²) in [5.74, 6) is -2.39. The molecular weight excluding hydrogens is 332 g/mol. The molecule has 1 heterocycles. The van der Waals surface area contributed by atoms with Gasteiger partial charge in [-0.2, -0.15) is 0 Å². The van der Waals surface area contributed by atoms with Crippen LogP contribution in [0, 0.1) is 11.6 Å². The third-order valence-electron chi connectivity index (χ3n) is 2.96. The molecule has 3 nitrogen and oxygen atoms in total. The van der Waals surface area contributed by atoms with Crippen LogP contribution in [0.2, 0.25) is 0 Å². The molecule has 20 heavy (non-hydrogen) atoms. The molecular formula is C14H8BrF2NO2. The fourth-order valence-corrected chi connectivity index (χ4v) is 2.35. The van der Waals surface area contributed by atoms with Crippen molar-refractivity contribution in [3.8, 4) is 0 Å². The van der Waals surface area contributed by atoms with Gasteiger partial charge in [0.15, 0.2) is 17.2 Å². The molecule has 0 unspecified atom stereocenters. The summed E-state index contributed by atoms with van der Waals surface area (Å²) in [6.45, 7) is 0.116. The summed E-state index contributed by atoms with van der Waals surface area (Å²) in [6.07, 6.45) is 0. The lowest BCUT2D eigenvalue weighted by molar-refractivity contribution is 0.502. The highest BCUT2D eigenvalue weighted by molar-refractivity contribution is 9.10. The van der Waals surface area contributed by atoms with Gasteiger partial charge in [-0.25, -0.2) is 13.6 Å². The predicted molar refractivity (Wildman–Crippen MR) is 73.6 cm³/mol. The molecule has 102 valence electrons. The first kappa shape index (κ1) is 13.1. The number of aromatic nitrogens is 1. The minimum atomic E-state index is -0.939. The number of benzene rings is 2. The lowest BCUT2D eigenvalue weighted by atomic mass is 10.2. The maximum absolute atomic E-state index is 13.2. The largest absolute Gasteiger partial charge is 0.420 e. The average Bonchev–Trinajstić information content (AvgIpc) is 2.69. The van der Waals surface area contributed by atoms with Crippen molar-refractivity contribution >= 4 is 27.0 Å². The van der Waals surface area contributed by atoms with Gasteiger partial charge in [0.2, 0.25) is 0 Å². The maximum Gasteiger partial charge on any atom is 0.420 e. The van der Waals surface area contributed by atoms with Crippen molar-refractivity contribution in [1.29, 1.82) is 0 Å². The third-order valence-corrected chi connectivity index (χ3v) is 3.45. The van der Waals surface area contributed by atoms with Crippen molar-refractivity contribution in [3.63, 3.8) is 0 Å². The number of oxazole rings is 1. The van der Waals surface area contributed by atoms with Crippen LogP contribution >= 0.6 is 15.9 Å². The number of fused-ring (bicyclic) bond motifs is 1. The van der Waals surface area contributed by atoms with Crippen molar-refractivity contribution in [2.75, 3.05) is 0 Å². The highest BCUT2D eigenvalue weighted by atomic mass is 79.9. The Balaban J connectivity index is 2.08. The number of nitrogens with zero attached hydrogens (tertiary/aromatic N) is 1. The van der Waals surface area contributed by atoms with E-state index in [2.05, 4.69) is 15.9 Å². The molecule has 3 rings (SSSR count). The van der Waals surface area contributed by atoms with Gasteiger partial charge in [0.05, 0.1) is 12.1 Å². The topological polar surface area (TPSA) is 35.1 Å². The zero-order chi connectivity index (χ0) is 14.3. The molecule has 2 aromatic carbocycles. The Kier molecular flexibility index (Phi) is 3.17. The number of rotatable bonds is 2. The van der Waals surface area contributed by atoms with Crippen LogP contribution in [0.5, 0.6) is 0 Å². The second-order valence-electron chi connectivity index (χ2n) is 4.31. The van der Waals surface area contributed by atoms with Gasteiger partial charge in [-0.1, -0.05) is 22.0 Å². The van der Waals surface area contributed by atoms with Crippen molar-refractivity contribution in [2.24, 2.45) is 0 Å². The van der Waals surface area contributed by atoms with E-state index < -0.39 is 17.4 Å². The Hall–Kier alpha value is -1.95. The lowest BCUT2D eigenvalue weighted by Gasteiger charge is -2.03. The Morgan fingerprint density at radius 1 is 1.10 bits per heavy atom. The minimum absolute atomic E-state index is 0.116. The highest BCUT2D eigenvalue weighted by Gasteiger charge is 2.11. The molecule has 0 saturated heterocycles. The van der Waals surface area contributed by atoms with Gasteiger partial charge in [0.25, 0.3) is 0 Å². The van der Waals surface area contributed by atoms with Crippen LogP contribution in [-0.4, -0.2) is 4.57 Å². The fraction of sp³-hybridized carbons (Fsp3) is 0.0714. The molecule has 0 atom stereocenters. The molecule has 0 aliphatic heterocycles. The van der Waals surface area contributed by atoms with Gasteiger partial charge in [-0.15, -0.1) is 0 Å². The van der Waals surface area contributed by atoms with Crippen LogP contribution in [0.1, 0.15) is 5.56 Å². The van der Waals surface area contributed by atoms with E-state index in [0.717, 1.165) is 16.6 Å². The first-order valence-corrected chi connectivity index (χ1v) is 6.57. The average molecular weight is 340 g/mol. The summed E-state index contributed by atoms with van der Waals surface area (Å²) >= 11 is 3.29. The Bertz CT molecular complexity index is 854. The van der Waals surface area contributed by atoms with E-state index in [0.29, 0.717) is 16.7 Å². The van der Waals surface area contributed by atoms with Crippen LogP contribution in [0.3, 0.4) is 0 Å². The van der Waals surface area contributed by atoms with Crippen molar-refractivity contribution in [3.05, 3.63) is 68.6 Å². The molecule has 0 N–H and O–H groups in total. The molecule has 0 fully saturated rings. The molecule has 0 aliphatic rings. The predicted octanol–water partition coefficient (Wildman–Crippen LogP) is 3.68. The summed E-state index contributed by atoms with van der Waals surface area (Å²) in [7, 11) is 0. The van der Waals surface area contributed by atoms with Crippen molar-refractivity contribution in [2.45, 2.75) is 6.54 Å². The van der Waals surface area contributed by atoms with Crippen LogP contribution in [0.4, 0.5) is 8.78 Å². The van der Waals surface area contributed by atoms with Crippen molar-refractivity contribution < 1.29 is 13.2 Å². The van der Waals surface area contributed by atoms with Gasteiger partial charge in [0.1, 0.15) is 0 Å². The van der Waals surface area contributed by atoms with Gasteiger partial charge >= 0.3 is 5.76 Å². The quantitative estimate of drug-likeness (QED) is 0.713. The molecule has 1 aromatic heterocycles. The van der Waals surface area contributed by atoms with E-state index in [4.69, 9.17) is 4.42 Å². The SMILES string of the molecule is O=c1oc2cc(Br)ccc2n1Cc1ccc(F)c(F)c1. The van der Waals surface area contributed by atoms with Crippen LogP contribution in [0.15, 0.2) is 50.1 Å². The number of hydrogen-bond acceptors (Lipinski definition) is 2. The van der Waals surface area contributed by atoms with Gasteiger partial charge < -0.3 is 4.42 Å². The van der Waals surface area contributed by atoms with E-state index in [9.17, 15) is 13.6 Å². The monoisotopic (exact) mass is 339 g/mol. The second kappa shape index (κ2) is 4.86. The van der Waals surface area contributed by atoms with Gasteiger partial charge in [-0.3, -0.25) is 4.57 Å². The zero-order valence-electron chi connectivity index (χ0n) is 10.1. The van der Waals surface area contributed by atoms with E-state index >= 15 is 0 Å².